The molecule has 2 atom stereocenters. The monoisotopic (exact) mass is 477 g/mol. The van der Waals surface area contributed by atoms with Gasteiger partial charge in [-0.25, -0.2) is 4.98 Å². The van der Waals surface area contributed by atoms with Gasteiger partial charge < -0.3 is 9.15 Å². The smallest absolute Gasteiger partial charge is 0.314 e. The van der Waals surface area contributed by atoms with Crippen LogP contribution in [-0.4, -0.2) is 23.3 Å². The molecule has 1 aliphatic heterocycles. The second kappa shape index (κ2) is 8.13. The molecule has 1 aromatic heterocycles. The topological polar surface area (TPSA) is 69.4 Å². The number of ether oxygens (including phenoxy) is 1. The molecule has 9 heteroatoms. The standard InChI is InChI=1S/C22H16Cl3N2O4/c1-12-18(10-28)27(17-9-4-3-6-14(17)23,20-15(24)7-5-8-16(20)25)22(31-12)21(29)19-13(2)30-11-26-19/h3-11,22H,1-2H3/q+1. The van der Waals surface area contributed by atoms with Crippen molar-refractivity contribution in [2.45, 2.75) is 20.1 Å². The molecule has 2 aromatic carbocycles. The summed E-state index contributed by atoms with van der Waals surface area (Å²) in [6.45, 7) is 3.21. The largest absolute Gasteiger partial charge is 0.448 e. The Hall–Kier alpha value is -2.64. The molecule has 0 fully saturated rings. The molecule has 2 heterocycles. The van der Waals surface area contributed by atoms with Gasteiger partial charge in [-0.05, 0) is 32.0 Å². The van der Waals surface area contributed by atoms with Crippen molar-refractivity contribution in [2.75, 3.05) is 0 Å². The quantitative estimate of drug-likeness (QED) is 0.246. The van der Waals surface area contributed by atoms with Crippen molar-refractivity contribution in [3.8, 4) is 0 Å². The van der Waals surface area contributed by atoms with Gasteiger partial charge in [-0.15, -0.1) is 0 Å². The van der Waals surface area contributed by atoms with Crippen molar-refractivity contribution in [2.24, 2.45) is 0 Å². The Bertz CT molecular complexity index is 1220. The molecule has 0 saturated carbocycles. The highest BCUT2D eigenvalue weighted by Gasteiger charge is 2.60. The summed E-state index contributed by atoms with van der Waals surface area (Å²) in [4.78, 5) is 30.1. The molecule has 31 heavy (non-hydrogen) atoms. The van der Waals surface area contributed by atoms with Gasteiger partial charge in [-0.1, -0.05) is 53.0 Å². The highest BCUT2D eigenvalue weighted by atomic mass is 35.5. The zero-order valence-electron chi connectivity index (χ0n) is 16.4. The van der Waals surface area contributed by atoms with Gasteiger partial charge in [0.2, 0.25) is 12.0 Å². The number of benzene rings is 2. The van der Waals surface area contributed by atoms with Gasteiger partial charge in [-0.3, -0.25) is 9.59 Å². The van der Waals surface area contributed by atoms with Crippen LogP contribution >= 0.6 is 34.8 Å². The maximum Gasteiger partial charge on any atom is 0.314 e. The number of para-hydroxylation sites is 2. The SMILES string of the molecule is CC1=C(C=O)[N+](c2ccccc2Cl)(c2c(Cl)cccc2Cl)C(C(=O)c2ncoc2C)O1. The number of allylic oxidation sites excluding steroid dienone is 2. The van der Waals surface area contributed by atoms with Crippen LogP contribution in [0.25, 0.3) is 0 Å². The predicted molar refractivity (Wildman–Crippen MR) is 119 cm³/mol. The molecule has 4 rings (SSSR count). The van der Waals surface area contributed by atoms with Crippen molar-refractivity contribution in [3.05, 3.63) is 86.8 Å². The van der Waals surface area contributed by atoms with Crippen LogP contribution in [-0.2, 0) is 9.53 Å². The highest BCUT2D eigenvalue weighted by molar-refractivity contribution is 6.40. The van der Waals surface area contributed by atoms with Crippen LogP contribution < -0.4 is 4.48 Å². The Morgan fingerprint density at radius 1 is 1.03 bits per heavy atom. The summed E-state index contributed by atoms with van der Waals surface area (Å²) in [5.41, 5.74) is 0.903. The highest BCUT2D eigenvalue weighted by Crippen LogP contribution is 2.55. The predicted octanol–water partition coefficient (Wildman–Crippen LogP) is 6.25. The summed E-state index contributed by atoms with van der Waals surface area (Å²) in [6.07, 6.45) is 0.494. The van der Waals surface area contributed by atoms with Gasteiger partial charge in [0.05, 0.1) is 0 Å². The van der Waals surface area contributed by atoms with Crippen LogP contribution in [0.2, 0.25) is 15.1 Å². The Kier molecular flexibility index (Phi) is 5.66. The molecule has 0 aliphatic carbocycles. The number of aldehydes is 1. The molecule has 0 bridgehead atoms. The number of aryl methyl sites for hydroxylation is 1. The second-order valence-corrected chi connectivity index (χ2v) is 8.12. The fraction of sp³-hybridized carbons (Fsp3) is 0.136. The summed E-state index contributed by atoms with van der Waals surface area (Å²) >= 11 is 19.8. The minimum atomic E-state index is -1.30. The number of halogens is 3. The van der Waals surface area contributed by atoms with Gasteiger partial charge >= 0.3 is 6.23 Å². The first-order chi connectivity index (χ1) is 14.8. The van der Waals surface area contributed by atoms with Crippen LogP contribution in [0.3, 0.4) is 0 Å². The van der Waals surface area contributed by atoms with E-state index < -0.39 is 16.5 Å². The van der Waals surface area contributed by atoms with Crippen LogP contribution in [0, 0.1) is 6.92 Å². The zero-order valence-corrected chi connectivity index (χ0v) is 18.7. The molecule has 158 valence electrons. The lowest BCUT2D eigenvalue weighted by Crippen LogP contribution is -2.54. The molecule has 0 N–H and O–H groups in total. The normalized spacial score (nSPS) is 20.6. The Morgan fingerprint density at radius 3 is 2.26 bits per heavy atom. The number of hydrogen-bond donors (Lipinski definition) is 0. The molecule has 1 aliphatic rings. The van der Waals surface area contributed by atoms with E-state index in [9.17, 15) is 9.59 Å². The van der Waals surface area contributed by atoms with Crippen molar-refractivity contribution in [1.29, 1.82) is 0 Å². The number of hydrogen-bond acceptors (Lipinski definition) is 5. The van der Waals surface area contributed by atoms with Gasteiger partial charge in [-0.2, -0.15) is 4.48 Å². The molecule has 0 saturated heterocycles. The van der Waals surface area contributed by atoms with Crippen LogP contribution in [0.4, 0.5) is 11.4 Å². The van der Waals surface area contributed by atoms with E-state index in [-0.39, 0.29) is 32.9 Å². The summed E-state index contributed by atoms with van der Waals surface area (Å²) in [7, 11) is 0. The van der Waals surface area contributed by atoms with Crippen LogP contribution in [0.15, 0.2) is 64.7 Å². The molecule has 2 unspecified atom stereocenters. The van der Waals surface area contributed by atoms with Gasteiger partial charge in [0.1, 0.15) is 20.8 Å². The lowest BCUT2D eigenvalue weighted by molar-refractivity contribution is -0.105. The van der Waals surface area contributed by atoms with Crippen molar-refractivity contribution in [3.63, 3.8) is 0 Å². The molecule has 0 radical (unpaired) electrons. The fourth-order valence-electron chi connectivity index (χ4n) is 3.91. The number of nitrogens with zero attached hydrogens (tertiary/aromatic N) is 2. The van der Waals surface area contributed by atoms with E-state index in [1.54, 1.807) is 56.3 Å². The van der Waals surface area contributed by atoms with Gasteiger partial charge in [0.15, 0.2) is 29.2 Å². The molecule has 3 aromatic rings. The fourth-order valence-corrected chi connectivity index (χ4v) is 4.85. The van der Waals surface area contributed by atoms with E-state index >= 15 is 0 Å². The van der Waals surface area contributed by atoms with E-state index in [1.165, 1.54) is 6.39 Å². The molecule has 6 nitrogen and oxygen atoms in total. The summed E-state index contributed by atoms with van der Waals surface area (Å²) < 4.78 is 10.7. The third-order valence-corrected chi connectivity index (χ3v) is 6.15. The minimum Gasteiger partial charge on any atom is -0.448 e. The van der Waals surface area contributed by atoms with E-state index in [0.29, 0.717) is 22.8 Å². The van der Waals surface area contributed by atoms with Crippen LogP contribution in [0.5, 0.6) is 0 Å². The van der Waals surface area contributed by atoms with E-state index in [2.05, 4.69) is 4.98 Å². The average molecular weight is 479 g/mol. The molecular weight excluding hydrogens is 463 g/mol. The van der Waals surface area contributed by atoms with Gasteiger partial charge in [0, 0.05) is 6.07 Å². The maximum absolute atomic E-state index is 13.7. The lowest BCUT2D eigenvalue weighted by Gasteiger charge is -2.37. The first-order valence-electron chi connectivity index (χ1n) is 9.20. The van der Waals surface area contributed by atoms with Gasteiger partial charge in [0.25, 0.3) is 5.78 Å². The molecule has 0 spiro atoms. The Morgan fingerprint density at radius 2 is 1.68 bits per heavy atom. The number of Topliss-reactive ketones (excluding diaryl/α,β-unsaturated/α-hetero) is 1. The van der Waals surface area contributed by atoms with E-state index in [4.69, 9.17) is 44.0 Å². The third-order valence-electron chi connectivity index (χ3n) is 5.22. The minimum absolute atomic E-state index is 0.0719. The number of oxazole rings is 1. The second-order valence-electron chi connectivity index (χ2n) is 6.90. The molecular formula is C22H16Cl3N2O4+. The summed E-state index contributed by atoms with van der Waals surface area (Å²) in [5, 5.41) is 0.769. The van der Waals surface area contributed by atoms with E-state index in [0.717, 1.165) is 0 Å². The van der Waals surface area contributed by atoms with Crippen molar-refractivity contribution >= 4 is 58.2 Å². The summed E-state index contributed by atoms with van der Waals surface area (Å²) in [5.74, 6) is 0.0390. The molecule has 0 amide bonds. The van der Waals surface area contributed by atoms with Crippen LogP contribution in [0.1, 0.15) is 23.2 Å². The third kappa shape index (κ3) is 3.18. The number of ketones is 1. The lowest BCUT2D eigenvalue weighted by atomic mass is 10.1. The number of carbonyl (C=O) groups excluding carboxylic acids is 2. The maximum atomic E-state index is 13.7. The summed E-state index contributed by atoms with van der Waals surface area (Å²) in [6, 6.07) is 11.7. The Labute approximate surface area is 193 Å². The van der Waals surface area contributed by atoms with Crippen molar-refractivity contribution < 1.29 is 18.7 Å². The number of aromatic nitrogens is 1. The first-order valence-corrected chi connectivity index (χ1v) is 10.3. The number of rotatable bonds is 5. The van der Waals surface area contributed by atoms with Crippen molar-refractivity contribution in [1.82, 2.24) is 9.47 Å². The zero-order chi connectivity index (χ0) is 22.3. The number of quaternary nitrogens is 1. The first kappa shape index (κ1) is 21.6. The average Bonchev–Trinajstić information content (AvgIpc) is 3.29. The van der Waals surface area contributed by atoms with E-state index in [1.807, 2.05) is 0 Å². The Balaban J connectivity index is 2.14. The number of carbonyl (C=O) groups is 2.